The summed E-state index contributed by atoms with van der Waals surface area (Å²) < 4.78 is 0. The van der Waals surface area contributed by atoms with E-state index in [9.17, 15) is 4.79 Å². The van der Waals surface area contributed by atoms with Crippen LogP contribution in [-0.2, 0) is 4.79 Å². The Morgan fingerprint density at radius 3 is 2.58 bits per heavy atom. The maximum Gasteiger partial charge on any atom is 0.303 e. The van der Waals surface area contributed by atoms with E-state index in [1.54, 1.807) is 0 Å². The lowest BCUT2D eigenvalue weighted by molar-refractivity contribution is -0.137. The van der Waals surface area contributed by atoms with Crippen molar-refractivity contribution in [3.8, 4) is 11.8 Å². The third-order valence-electron chi connectivity index (χ3n) is 2.85. The van der Waals surface area contributed by atoms with E-state index in [0.29, 0.717) is 19.0 Å². The predicted octanol–water partition coefficient (Wildman–Crippen LogP) is 2.61. The number of nitrogens with zero attached hydrogens (tertiary/aromatic N) is 1. The smallest absolute Gasteiger partial charge is 0.303 e. The molecule has 1 aromatic rings. The van der Waals surface area contributed by atoms with Crippen LogP contribution in [0, 0.1) is 11.8 Å². The summed E-state index contributed by atoms with van der Waals surface area (Å²) >= 11 is 0. The molecule has 0 saturated carbocycles. The zero-order chi connectivity index (χ0) is 14.1. The predicted molar refractivity (Wildman–Crippen MR) is 76.9 cm³/mol. The quantitative estimate of drug-likeness (QED) is 0.798. The molecule has 1 aromatic carbocycles. The summed E-state index contributed by atoms with van der Waals surface area (Å²) in [6, 6.07) is 10.2. The standard InChI is InChI=1S/C16H21NO2/c1-14(2)17(13-7-11-16(18)19)12-6-10-15-8-4-3-5-9-15/h3-5,8-9,14H,7,11-13H2,1-2H3,(H,18,19). The lowest BCUT2D eigenvalue weighted by atomic mass is 10.2. The Bertz CT molecular complexity index is 443. The van der Waals surface area contributed by atoms with Crippen molar-refractivity contribution in [2.24, 2.45) is 0 Å². The fourth-order valence-corrected chi connectivity index (χ4v) is 1.72. The van der Waals surface area contributed by atoms with E-state index in [2.05, 4.69) is 30.6 Å². The minimum Gasteiger partial charge on any atom is -0.481 e. The summed E-state index contributed by atoms with van der Waals surface area (Å²) in [6.45, 7) is 5.65. The van der Waals surface area contributed by atoms with Gasteiger partial charge in [0.05, 0.1) is 6.54 Å². The van der Waals surface area contributed by atoms with E-state index < -0.39 is 5.97 Å². The van der Waals surface area contributed by atoms with Crippen LogP contribution < -0.4 is 0 Å². The minimum atomic E-state index is -0.737. The number of benzene rings is 1. The van der Waals surface area contributed by atoms with Gasteiger partial charge in [-0.15, -0.1) is 0 Å². The third-order valence-corrected chi connectivity index (χ3v) is 2.85. The SMILES string of the molecule is CC(C)N(CC#Cc1ccccc1)CCCC(=O)O. The highest BCUT2D eigenvalue weighted by molar-refractivity contribution is 5.66. The van der Waals surface area contributed by atoms with Crippen LogP contribution >= 0.6 is 0 Å². The maximum atomic E-state index is 10.5. The Kier molecular flexibility index (Phi) is 6.70. The van der Waals surface area contributed by atoms with Crippen LogP contribution in [0.5, 0.6) is 0 Å². The molecule has 3 heteroatoms. The highest BCUT2D eigenvalue weighted by Crippen LogP contribution is 2.01. The largest absolute Gasteiger partial charge is 0.481 e. The Morgan fingerprint density at radius 1 is 1.32 bits per heavy atom. The van der Waals surface area contributed by atoms with Gasteiger partial charge in [-0.05, 0) is 38.9 Å². The maximum absolute atomic E-state index is 10.5. The van der Waals surface area contributed by atoms with Crippen LogP contribution in [0.15, 0.2) is 30.3 Å². The first-order chi connectivity index (χ1) is 9.09. The van der Waals surface area contributed by atoms with Crippen molar-refractivity contribution in [2.75, 3.05) is 13.1 Å². The van der Waals surface area contributed by atoms with Crippen molar-refractivity contribution in [3.05, 3.63) is 35.9 Å². The van der Waals surface area contributed by atoms with E-state index in [-0.39, 0.29) is 6.42 Å². The van der Waals surface area contributed by atoms with Gasteiger partial charge < -0.3 is 5.11 Å². The molecule has 0 unspecified atom stereocenters. The van der Waals surface area contributed by atoms with Crippen LogP contribution in [0.2, 0.25) is 0 Å². The van der Waals surface area contributed by atoms with Crippen LogP contribution in [-0.4, -0.2) is 35.1 Å². The van der Waals surface area contributed by atoms with Crippen LogP contribution in [0.1, 0.15) is 32.3 Å². The molecule has 0 amide bonds. The van der Waals surface area contributed by atoms with Crippen LogP contribution in [0.3, 0.4) is 0 Å². The third kappa shape index (κ3) is 6.64. The van der Waals surface area contributed by atoms with Crippen LogP contribution in [0.4, 0.5) is 0 Å². The second kappa shape index (κ2) is 8.34. The normalized spacial score (nSPS) is 10.3. The molecule has 0 fully saturated rings. The first kappa shape index (κ1) is 15.3. The molecule has 0 aliphatic heterocycles. The molecular formula is C16H21NO2. The number of hydrogen-bond donors (Lipinski definition) is 1. The first-order valence-electron chi connectivity index (χ1n) is 6.59. The molecule has 0 atom stereocenters. The fraction of sp³-hybridized carbons (Fsp3) is 0.438. The number of aliphatic carboxylic acids is 1. The Morgan fingerprint density at radius 2 is 2.00 bits per heavy atom. The summed E-state index contributed by atoms with van der Waals surface area (Å²) in [7, 11) is 0. The topological polar surface area (TPSA) is 40.5 Å². The Labute approximate surface area is 115 Å². The van der Waals surface area contributed by atoms with E-state index in [1.807, 2.05) is 30.3 Å². The zero-order valence-corrected chi connectivity index (χ0v) is 11.6. The van der Waals surface area contributed by atoms with Gasteiger partial charge in [0.1, 0.15) is 0 Å². The summed E-state index contributed by atoms with van der Waals surface area (Å²) in [6.07, 6.45) is 0.885. The lowest BCUT2D eigenvalue weighted by Crippen LogP contribution is -2.32. The fourth-order valence-electron chi connectivity index (χ4n) is 1.72. The molecule has 0 aromatic heterocycles. The van der Waals surface area contributed by atoms with Gasteiger partial charge in [0.15, 0.2) is 0 Å². The molecule has 3 nitrogen and oxygen atoms in total. The molecule has 0 aliphatic carbocycles. The summed E-state index contributed by atoms with van der Waals surface area (Å²) in [5.74, 6) is 5.53. The molecule has 0 heterocycles. The van der Waals surface area contributed by atoms with Crippen molar-refractivity contribution >= 4 is 5.97 Å². The molecule has 1 N–H and O–H groups in total. The average Bonchev–Trinajstić information content (AvgIpc) is 2.37. The van der Waals surface area contributed by atoms with Gasteiger partial charge in [-0.2, -0.15) is 0 Å². The Hall–Kier alpha value is -1.79. The number of rotatable bonds is 6. The minimum absolute atomic E-state index is 0.218. The van der Waals surface area contributed by atoms with E-state index in [0.717, 1.165) is 12.1 Å². The zero-order valence-electron chi connectivity index (χ0n) is 11.6. The highest BCUT2D eigenvalue weighted by Gasteiger charge is 2.08. The number of carboxylic acids is 1. The van der Waals surface area contributed by atoms with E-state index in [4.69, 9.17) is 5.11 Å². The number of hydrogen-bond acceptors (Lipinski definition) is 2. The van der Waals surface area contributed by atoms with Crippen molar-refractivity contribution in [3.63, 3.8) is 0 Å². The van der Waals surface area contributed by atoms with Crippen molar-refractivity contribution < 1.29 is 9.90 Å². The van der Waals surface area contributed by atoms with Gasteiger partial charge in [0, 0.05) is 18.0 Å². The van der Waals surface area contributed by atoms with Crippen molar-refractivity contribution in [2.45, 2.75) is 32.7 Å². The van der Waals surface area contributed by atoms with Gasteiger partial charge >= 0.3 is 5.97 Å². The van der Waals surface area contributed by atoms with Crippen molar-refractivity contribution in [1.82, 2.24) is 4.90 Å². The summed E-state index contributed by atoms with van der Waals surface area (Å²) in [4.78, 5) is 12.7. The molecule has 0 saturated heterocycles. The van der Waals surface area contributed by atoms with E-state index >= 15 is 0 Å². The molecule has 0 bridgehead atoms. The molecule has 102 valence electrons. The van der Waals surface area contributed by atoms with Gasteiger partial charge in [0.25, 0.3) is 0 Å². The second-order valence-electron chi connectivity index (χ2n) is 4.73. The molecule has 0 spiro atoms. The number of carbonyl (C=O) groups is 1. The molecule has 1 rings (SSSR count). The molecular weight excluding hydrogens is 238 g/mol. The summed E-state index contributed by atoms with van der Waals surface area (Å²) in [5, 5.41) is 8.64. The number of carboxylic acid groups (broad SMARTS) is 1. The lowest BCUT2D eigenvalue weighted by Gasteiger charge is -2.23. The molecule has 0 aliphatic rings. The molecule has 0 radical (unpaired) electrons. The molecule has 19 heavy (non-hydrogen) atoms. The van der Waals surface area contributed by atoms with Gasteiger partial charge in [-0.1, -0.05) is 30.0 Å². The monoisotopic (exact) mass is 259 g/mol. The van der Waals surface area contributed by atoms with Gasteiger partial charge in [-0.25, -0.2) is 0 Å². The van der Waals surface area contributed by atoms with Crippen molar-refractivity contribution in [1.29, 1.82) is 0 Å². The van der Waals surface area contributed by atoms with E-state index in [1.165, 1.54) is 0 Å². The first-order valence-corrected chi connectivity index (χ1v) is 6.59. The van der Waals surface area contributed by atoms with Gasteiger partial charge in [0.2, 0.25) is 0 Å². The van der Waals surface area contributed by atoms with Gasteiger partial charge in [-0.3, -0.25) is 9.69 Å². The second-order valence-corrected chi connectivity index (χ2v) is 4.73. The van der Waals surface area contributed by atoms with Crippen LogP contribution in [0.25, 0.3) is 0 Å². The highest BCUT2D eigenvalue weighted by atomic mass is 16.4. The summed E-state index contributed by atoms with van der Waals surface area (Å²) in [5.41, 5.74) is 1.01. The Balaban J connectivity index is 2.46. The average molecular weight is 259 g/mol.